The lowest BCUT2D eigenvalue weighted by atomic mass is 10.2. The van der Waals surface area contributed by atoms with E-state index in [0.717, 1.165) is 6.08 Å². The first-order chi connectivity index (χ1) is 8.26. The van der Waals surface area contributed by atoms with Gasteiger partial charge in [-0.2, -0.15) is 5.26 Å². The molecule has 0 bridgehead atoms. The monoisotopic (exact) mass is 231 g/mol. The van der Waals surface area contributed by atoms with Crippen LogP contribution in [-0.2, 0) is 9.53 Å². The van der Waals surface area contributed by atoms with Gasteiger partial charge in [0.2, 0.25) is 0 Å². The average molecular weight is 231 g/mol. The van der Waals surface area contributed by atoms with Crippen LogP contribution in [0.3, 0.4) is 0 Å². The summed E-state index contributed by atoms with van der Waals surface area (Å²) in [4.78, 5) is 10.8. The highest BCUT2D eigenvalue weighted by atomic mass is 16.5. The van der Waals surface area contributed by atoms with E-state index in [9.17, 15) is 4.79 Å². The van der Waals surface area contributed by atoms with E-state index in [2.05, 4.69) is 6.58 Å². The fourth-order valence-electron chi connectivity index (χ4n) is 1.08. The van der Waals surface area contributed by atoms with E-state index in [-0.39, 0.29) is 13.2 Å². The van der Waals surface area contributed by atoms with E-state index >= 15 is 0 Å². The van der Waals surface area contributed by atoms with Crippen molar-refractivity contribution in [1.29, 1.82) is 5.26 Å². The molecule has 1 rings (SSSR count). The molecule has 1 atom stereocenters. The van der Waals surface area contributed by atoms with Crippen molar-refractivity contribution in [3.05, 3.63) is 43.0 Å². The molecule has 0 heterocycles. The minimum Gasteiger partial charge on any atom is -0.492 e. The van der Waals surface area contributed by atoms with Crippen LogP contribution >= 0.6 is 0 Å². The molecule has 0 aliphatic rings. The second-order valence-electron chi connectivity index (χ2n) is 3.28. The van der Waals surface area contributed by atoms with Gasteiger partial charge in [0.05, 0.1) is 6.07 Å². The summed E-state index contributed by atoms with van der Waals surface area (Å²) in [6.07, 6.45) is 1.06. The summed E-state index contributed by atoms with van der Waals surface area (Å²) in [5.41, 5.74) is 0. The van der Waals surface area contributed by atoms with Gasteiger partial charge in [-0.25, -0.2) is 4.79 Å². The lowest BCUT2D eigenvalue weighted by molar-refractivity contribution is -0.138. The molecule has 4 heteroatoms. The van der Waals surface area contributed by atoms with Crippen molar-refractivity contribution in [1.82, 2.24) is 0 Å². The quantitative estimate of drug-likeness (QED) is 0.554. The van der Waals surface area contributed by atoms with Crippen LogP contribution in [0, 0.1) is 17.2 Å². The van der Waals surface area contributed by atoms with Gasteiger partial charge in [-0.15, -0.1) is 0 Å². The molecule has 0 saturated heterocycles. The third-order valence-corrected chi connectivity index (χ3v) is 1.97. The number of hydrogen-bond acceptors (Lipinski definition) is 4. The summed E-state index contributed by atoms with van der Waals surface area (Å²) in [5, 5.41) is 8.84. The first-order valence-electron chi connectivity index (χ1n) is 5.13. The Hall–Kier alpha value is -2.28. The summed E-state index contributed by atoms with van der Waals surface area (Å²) in [7, 11) is 0. The van der Waals surface area contributed by atoms with Gasteiger partial charge in [-0.1, -0.05) is 24.8 Å². The number of ether oxygens (including phenoxy) is 2. The predicted molar refractivity (Wildman–Crippen MR) is 62.2 cm³/mol. The largest absolute Gasteiger partial charge is 0.492 e. The van der Waals surface area contributed by atoms with Crippen LogP contribution in [0.25, 0.3) is 0 Å². The number of rotatable bonds is 6. The first kappa shape index (κ1) is 12.8. The van der Waals surface area contributed by atoms with E-state index in [1.807, 2.05) is 24.3 Å². The Balaban J connectivity index is 2.35. The van der Waals surface area contributed by atoms with E-state index in [0.29, 0.717) is 5.75 Å². The summed E-state index contributed by atoms with van der Waals surface area (Å²) < 4.78 is 10.2. The van der Waals surface area contributed by atoms with E-state index in [4.69, 9.17) is 14.7 Å². The van der Waals surface area contributed by atoms with Crippen molar-refractivity contribution in [2.24, 2.45) is 5.92 Å². The van der Waals surface area contributed by atoms with Gasteiger partial charge < -0.3 is 9.47 Å². The number of para-hydroxylation sites is 1. The fraction of sp³-hybridized carbons (Fsp3) is 0.231. The molecule has 0 amide bonds. The van der Waals surface area contributed by atoms with Gasteiger partial charge in [0.1, 0.15) is 24.9 Å². The first-order valence-corrected chi connectivity index (χ1v) is 5.13. The van der Waals surface area contributed by atoms with Gasteiger partial charge in [0.25, 0.3) is 0 Å². The van der Waals surface area contributed by atoms with E-state index in [1.54, 1.807) is 12.1 Å². The number of nitriles is 1. The Morgan fingerprint density at radius 3 is 2.71 bits per heavy atom. The molecule has 0 N–H and O–H groups in total. The number of esters is 1. The number of benzene rings is 1. The van der Waals surface area contributed by atoms with Crippen LogP contribution in [0.5, 0.6) is 5.75 Å². The zero-order valence-corrected chi connectivity index (χ0v) is 9.33. The van der Waals surface area contributed by atoms with Gasteiger partial charge in [-0.3, -0.25) is 0 Å². The minimum absolute atomic E-state index is 0.00812. The fourth-order valence-corrected chi connectivity index (χ4v) is 1.08. The van der Waals surface area contributed by atoms with Crippen molar-refractivity contribution in [2.75, 3.05) is 13.2 Å². The molecule has 1 unspecified atom stereocenters. The average Bonchev–Trinajstić information content (AvgIpc) is 2.39. The summed E-state index contributed by atoms with van der Waals surface area (Å²) in [5.74, 6) is -0.341. The van der Waals surface area contributed by atoms with Gasteiger partial charge in [0.15, 0.2) is 0 Å². The highest BCUT2D eigenvalue weighted by Crippen LogP contribution is 2.10. The Kier molecular flexibility index (Phi) is 5.32. The van der Waals surface area contributed by atoms with Crippen LogP contribution in [0.2, 0.25) is 0 Å². The maximum atomic E-state index is 10.8. The Morgan fingerprint density at radius 2 is 2.12 bits per heavy atom. The van der Waals surface area contributed by atoms with Crippen molar-refractivity contribution < 1.29 is 14.3 Å². The van der Waals surface area contributed by atoms with Crippen molar-refractivity contribution in [2.45, 2.75) is 0 Å². The molecule has 0 saturated carbocycles. The highest BCUT2D eigenvalue weighted by molar-refractivity contribution is 5.81. The molecule has 17 heavy (non-hydrogen) atoms. The van der Waals surface area contributed by atoms with Gasteiger partial charge in [-0.05, 0) is 12.1 Å². The summed E-state index contributed by atoms with van der Waals surface area (Å²) in [6, 6.07) is 11.2. The maximum Gasteiger partial charge on any atom is 0.330 e. The molecular formula is C13H13NO3. The third kappa shape index (κ3) is 4.85. The van der Waals surface area contributed by atoms with Crippen molar-refractivity contribution in [3.8, 4) is 11.8 Å². The van der Waals surface area contributed by atoms with E-state index < -0.39 is 11.9 Å². The lowest BCUT2D eigenvalue weighted by Crippen LogP contribution is -2.18. The molecule has 0 aliphatic heterocycles. The van der Waals surface area contributed by atoms with Crippen LogP contribution in [0.1, 0.15) is 0 Å². The van der Waals surface area contributed by atoms with Gasteiger partial charge >= 0.3 is 5.97 Å². The summed E-state index contributed by atoms with van der Waals surface area (Å²) in [6.45, 7) is 3.46. The maximum absolute atomic E-state index is 10.8. The van der Waals surface area contributed by atoms with Crippen LogP contribution < -0.4 is 4.74 Å². The Morgan fingerprint density at radius 1 is 1.41 bits per heavy atom. The van der Waals surface area contributed by atoms with Gasteiger partial charge in [0, 0.05) is 6.08 Å². The summed E-state index contributed by atoms with van der Waals surface area (Å²) >= 11 is 0. The Bertz CT molecular complexity index is 408. The zero-order chi connectivity index (χ0) is 12.5. The molecule has 0 aromatic heterocycles. The molecular weight excluding hydrogens is 218 g/mol. The second-order valence-corrected chi connectivity index (χ2v) is 3.28. The SMILES string of the molecule is C=CC(=O)OCC(C#N)COc1ccccc1. The minimum atomic E-state index is -0.537. The molecule has 0 fully saturated rings. The molecule has 0 aliphatic carbocycles. The number of carbonyl (C=O) groups is 1. The molecule has 1 aromatic rings. The molecule has 88 valence electrons. The van der Waals surface area contributed by atoms with Crippen molar-refractivity contribution in [3.63, 3.8) is 0 Å². The molecule has 0 radical (unpaired) electrons. The van der Waals surface area contributed by atoms with Crippen LogP contribution in [-0.4, -0.2) is 19.2 Å². The molecule has 4 nitrogen and oxygen atoms in total. The van der Waals surface area contributed by atoms with Crippen molar-refractivity contribution >= 4 is 5.97 Å². The number of carbonyl (C=O) groups excluding carboxylic acids is 1. The number of hydrogen-bond donors (Lipinski definition) is 0. The highest BCUT2D eigenvalue weighted by Gasteiger charge is 2.10. The topological polar surface area (TPSA) is 59.3 Å². The van der Waals surface area contributed by atoms with Crippen LogP contribution in [0.4, 0.5) is 0 Å². The molecule has 1 aromatic carbocycles. The zero-order valence-electron chi connectivity index (χ0n) is 9.33. The van der Waals surface area contributed by atoms with E-state index in [1.165, 1.54) is 0 Å². The third-order valence-electron chi connectivity index (χ3n) is 1.97. The predicted octanol–water partition coefficient (Wildman–Crippen LogP) is 1.93. The standard InChI is InChI=1S/C13H13NO3/c1-2-13(15)17-10-11(8-14)9-16-12-6-4-3-5-7-12/h2-7,11H,1,9-10H2. The number of nitrogens with zero attached hydrogens (tertiary/aromatic N) is 1. The normalized spacial score (nSPS) is 11.0. The van der Waals surface area contributed by atoms with Crippen LogP contribution in [0.15, 0.2) is 43.0 Å². The smallest absolute Gasteiger partial charge is 0.330 e. The Labute approximate surface area is 100 Å². The second kappa shape index (κ2) is 7.07. The lowest BCUT2D eigenvalue weighted by Gasteiger charge is -2.10. The molecule has 0 spiro atoms.